The van der Waals surface area contributed by atoms with Gasteiger partial charge in [0.2, 0.25) is 0 Å². The van der Waals surface area contributed by atoms with E-state index in [1.54, 1.807) is 0 Å². The molecule has 0 amide bonds. The first kappa shape index (κ1) is 9.81. The molecule has 0 aliphatic heterocycles. The average molecular weight is 123 g/mol. The Morgan fingerprint density at radius 3 is 1.83 bits per heavy atom. The summed E-state index contributed by atoms with van der Waals surface area (Å²) in [6.45, 7) is 2.81. The van der Waals surface area contributed by atoms with Crippen molar-refractivity contribution in [2.45, 2.75) is 6.10 Å². The van der Waals surface area contributed by atoms with Crippen LogP contribution in [-0.4, -0.2) is 22.9 Å². The van der Waals surface area contributed by atoms with E-state index < -0.39 is 6.10 Å². The molecular weight excluding hydrogens is 116 g/mol. The van der Waals surface area contributed by atoms with E-state index in [-0.39, 0.29) is 28.3 Å². The van der Waals surface area contributed by atoms with Crippen LogP contribution >= 0.6 is 0 Å². The summed E-state index contributed by atoms with van der Waals surface area (Å²) in [5.41, 5.74) is 0. The van der Waals surface area contributed by atoms with Crippen molar-refractivity contribution >= 4 is 0 Å². The molecule has 1 unspecified atom stereocenters. The van der Waals surface area contributed by atoms with E-state index in [0.717, 1.165) is 0 Å². The molecule has 0 bridgehead atoms. The van der Waals surface area contributed by atoms with Gasteiger partial charge in [-0.2, -0.15) is 0 Å². The summed E-state index contributed by atoms with van der Waals surface area (Å²) >= 11 is 0. The predicted molar refractivity (Wildman–Crippen MR) is 18.4 cm³/mol. The fourth-order valence-electron chi connectivity index (χ4n) is 0. The Balaban J connectivity index is 0. The molecule has 0 aliphatic rings. The number of hydrogen-bond acceptors (Lipinski definition) is 2. The molecule has 0 rings (SSSR count). The first-order valence-electron chi connectivity index (χ1n) is 1.39. The molecule has 36 valence electrons. The van der Waals surface area contributed by atoms with Gasteiger partial charge in [0.25, 0.3) is 0 Å². The molecule has 0 aliphatic carbocycles. The van der Waals surface area contributed by atoms with Gasteiger partial charge in [-0.1, -0.05) is 0 Å². The van der Waals surface area contributed by atoms with Crippen molar-refractivity contribution in [2.75, 3.05) is 6.61 Å². The van der Waals surface area contributed by atoms with Crippen molar-refractivity contribution in [1.82, 2.24) is 0 Å². The predicted octanol–water partition coefficient (Wildman–Crippen LogP) is -0.829. The zero-order valence-electron chi connectivity index (χ0n) is 3.39. The van der Waals surface area contributed by atoms with Crippen LogP contribution in [0.25, 0.3) is 0 Å². The van der Waals surface area contributed by atoms with E-state index >= 15 is 0 Å². The molecule has 0 spiro atoms. The Kier molecular flexibility index (Phi) is 9.21. The summed E-state index contributed by atoms with van der Waals surface area (Å²) in [5, 5.41) is 15.8. The molecule has 6 heavy (non-hydrogen) atoms. The average Bonchev–Trinajstić information content (AvgIpc) is 1.38. The standard InChI is InChI=1S/C3H7O2.Ti/c1-3(5)2-4;/h3-5H,1-2H2;/q-1;. The summed E-state index contributed by atoms with van der Waals surface area (Å²) < 4.78 is 0. The summed E-state index contributed by atoms with van der Waals surface area (Å²) in [5.74, 6) is 0. The molecule has 2 nitrogen and oxygen atoms in total. The van der Waals surface area contributed by atoms with Crippen LogP contribution in [0, 0.1) is 6.92 Å². The second-order valence-corrected chi connectivity index (χ2v) is 0.836. The molecule has 0 aromatic heterocycles. The maximum atomic E-state index is 8.00. The van der Waals surface area contributed by atoms with Crippen LogP contribution in [0.5, 0.6) is 0 Å². The van der Waals surface area contributed by atoms with Crippen LogP contribution in [0.15, 0.2) is 0 Å². The van der Waals surface area contributed by atoms with Crippen LogP contribution in [0.3, 0.4) is 0 Å². The van der Waals surface area contributed by atoms with Crippen LogP contribution in [0.2, 0.25) is 0 Å². The summed E-state index contributed by atoms with van der Waals surface area (Å²) in [6, 6.07) is 0. The van der Waals surface area contributed by atoms with Crippen molar-refractivity contribution in [3.63, 3.8) is 0 Å². The SMILES string of the molecule is [CH2-]C(O)CO.[Ti]. The largest absolute Gasteiger partial charge is 0.423 e. The molecule has 0 saturated carbocycles. The van der Waals surface area contributed by atoms with Gasteiger partial charge >= 0.3 is 0 Å². The van der Waals surface area contributed by atoms with Gasteiger partial charge < -0.3 is 17.1 Å². The van der Waals surface area contributed by atoms with Gasteiger partial charge in [0.1, 0.15) is 0 Å². The maximum Gasteiger partial charge on any atom is 0.0408 e. The van der Waals surface area contributed by atoms with Crippen LogP contribution < -0.4 is 0 Å². The van der Waals surface area contributed by atoms with Gasteiger partial charge in [0, 0.05) is 28.3 Å². The van der Waals surface area contributed by atoms with Crippen LogP contribution in [0.4, 0.5) is 0 Å². The third-order valence-electron chi connectivity index (χ3n) is 0.211. The minimum absolute atomic E-state index is 0. The topological polar surface area (TPSA) is 40.5 Å². The molecule has 0 aromatic carbocycles. The van der Waals surface area contributed by atoms with Crippen molar-refractivity contribution in [2.24, 2.45) is 0 Å². The number of aliphatic hydroxyl groups excluding tert-OH is 2. The summed E-state index contributed by atoms with van der Waals surface area (Å²) in [7, 11) is 0. The third-order valence-corrected chi connectivity index (χ3v) is 0.211. The normalized spacial score (nSPS) is 12.5. The monoisotopic (exact) mass is 123 g/mol. The van der Waals surface area contributed by atoms with Crippen molar-refractivity contribution in [1.29, 1.82) is 0 Å². The van der Waals surface area contributed by atoms with E-state index in [9.17, 15) is 0 Å². The Hall–Kier alpha value is 0.634. The summed E-state index contributed by atoms with van der Waals surface area (Å²) in [6.07, 6.45) is -0.810. The minimum atomic E-state index is -0.810. The Bertz CT molecular complexity index is 22.8. The third kappa shape index (κ3) is 8.82. The van der Waals surface area contributed by atoms with Crippen LogP contribution in [-0.2, 0) is 21.7 Å². The maximum absolute atomic E-state index is 8.00. The van der Waals surface area contributed by atoms with E-state index in [1.807, 2.05) is 0 Å². The quantitative estimate of drug-likeness (QED) is 0.353. The van der Waals surface area contributed by atoms with Crippen LogP contribution in [0.1, 0.15) is 0 Å². The number of hydrogen-bond donors (Lipinski definition) is 2. The van der Waals surface area contributed by atoms with E-state index in [1.165, 1.54) is 0 Å². The van der Waals surface area contributed by atoms with Gasteiger partial charge in [-0.05, 0) is 6.10 Å². The zero-order chi connectivity index (χ0) is 4.28. The smallest absolute Gasteiger partial charge is 0.0408 e. The van der Waals surface area contributed by atoms with Crippen molar-refractivity contribution < 1.29 is 31.9 Å². The second-order valence-electron chi connectivity index (χ2n) is 0.836. The fraction of sp³-hybridized carbons (Fsp3) is 0.667. The molecule has 0 aromatic rings. The van der Waals surface area contributed by atoms with E-state index in [0.29, 0.717) is 0 Å². The molecule has 0 radical (unpaired) electrons. The summed E-state index contributed by atoms with van der Waals surface area (Å²) in [4.78, 5) is 0. The van der Waals surface area contributed by atoms with E-state index in [4.69, 9.17) is 10.2 Å². The van der Waals surface area contributed by atoms with Gasteiger partial charge in [-0.15, -0.1) is 0 Å². The van der Waals surface area contributed by atoms with Gasteiger partial charge in [0.15, 0.2) is 0 Å². The van der Waals surface area contributed by atoms with Gasteiger partial charge in [-0.3, -0.25) is 0 Å². The molecule has 0 fully saturated rings. The molecule has 0 heterocycles. The molecule has 2 N–H and O–H groups in total. The molecular formula is C3H7O2Ti-. The van der Waals surface area contributed by atoms with Crippen molar-refractivity contribution in [3.05, 3.63) is 6.92 Å². The number of rotatable bonds is 1. The Morgan fingerprint density at radius 2 is 1.83 bits per heavy atom. The first-order valence-corrected chi connectivity index (χ1v) is 1.39. The zero-order valence-corrected chi connectivity index (χ0v) is 4.95. The van der Waals surface area contributed by atoms with Gasteiger partial charge in [-0.25, -0.2) is 0 Å². The number of aliphatic hydroxyl groups is 2. The molecule has 3 heteroatoms. The molecule has 1 atom stereocenters. The minimum Gasteiger partial charge on any atom is -0.423 e. The fourth-order valence-corrected chi connectivity index (χ4v) is 0. The second kappa shape index (κ2) is 5.63. The Morgan fingerprint density at radius 1 is 1.67 bits per heavy atom. The first-order chi connectivity index (χ1) is 2.27. The Labute approximate surface area is 52.1 Å². The van der Waals surface area contributed by atoms with Crippen molar-refractivity contribution in [3.8, 4) is 0 Å². The van der Waals surface area contributed by atoms with E-state index in [2.05, 4.69) is 6.92 Å². The molecule has 0 saturated heterocycles. The van der Waals surface area contributed by atoms with Gasteiger partial charge in [0.05, 0.1) is 0 Å².